The first-order chi connectivity index (χ1) is 10.9. The third-order valence-electron chi connectivity index (χ3n) is 8.31. The molecule has 0 aromatic carbocycles. The maximum absolute atomic E-state index is 12.1. The monoisotopic (exact) mass is 312 g/mol. The molecule has 6 atom stereocenters. The van der Waals surface area contributed by atoms with E-state index in [4.69, 9.17) is 0 Å². The molecule has 1 nitrogen and oxygen atoms in total. The van der Waals surface area contributed by atoms with Crippen LogP contribution in [0.1, 0.15) is 72.6 Å². The molecular formula is C22H32O. The highest BCUT2D eigenvalue weighted by molar-refractivity contribution is 5.95. The van der Waals surface area contributed by atoms with Crippen molar-refractivity contribution in [2.24, 2.45) is 34.5 Å². The van der Waals surface area contributed by atoms with E-state index in [0.29, 0.717) is 17.1 Å². The smallest absolute Gasteiger partial charge is 0.156 e. The number of hydrogen-bond donors (Lipinski definition) is 0. The molecule has 0 aromatic heterocycles. The zero-order chi connectivity index (χ0) is 16.4. The Kier molecular flexibility index (Phi) is 3.45. The number of ketones is 1. The summed E-state index contributed by atoms with van der Waals surface area (Å²) in [7, 11) is 0. The van der Waals surface area contributed by atoms with E-state index in [9.17, 15) is 4.79 Å². The summed E-state index contributed by atoms with van der Waals surface area (Å²) < 4.78 is 0. The summed E-state index contributed by atoms with van der Waals surface area (Å²) in [6.07, 6.45) is 14.0. The molecule has 0 N–H and O–H groups in total. The van der Waals surface area contributed by atoms with Crippen molar-refractivity contribution in [2.75, 3.05) is 0 Å². The third-order valence-corrected chi connectivity index (χ3v) is 8.31. The molecule has 2 fully saturated rings. The average molecular weight is 312 g/mol. The molecular weight excluding hydrogens is 280 g/mol. The van der Waals surface area contributed by atoms with Gasteiger partial charge < -0.3 is 0 Å². The van der Waals surface area contributed by atoms with E-state index < -0.39 is 0 Å². The molecule has 0 spiro atoms. The van der Waals surface area contributed by atoms with Gasteiger partial charge in [0.05, 0.1) is 0 Å². The molecule has 4 aliphatic rings. The van der Waals surface area contributed by atoms with Gasteiger partial charge in [-0.25, -0.2) is 0 Å². The van der Waals surface area contributed by atoms with Crippen LogP contribution in [0.3, 0.4) is 0 Å². The lowest BCUT2D eigenvalue weighted by molar-refractivity contribution is -0.115. The predicted molar refractivity (Wildman–Crippen MR) is 95.0 cm³/mol. The van der Waals surface area contributed by atoms with Crippen molar-refractivity contribution in [3.63, 3.8) is 0 Å². The van der Waals surface area contributed by atoms with Gasteiger partial charge in [-0.15, -0.1) is 0 Å². The molecule has 0 aliphatic heterocycles. The fourth-order valence-electron chi connectivity index (χ4n) is 6.96. The van der Waals surface area contributed by atoms with Crippen LogP contribution < -0.4 is 0 Å². The Bertz CT molecular complexity index is 597. The maximum atomic E-state index is 12.1. The van der Waals surface area contributed by atoms with Gasteiger partial charge in [-0.2, -0.15) is 0 Å². The number of Topliss-reactive ketones (excluding diaryl/α,β-unsaturated/α-hetero) is 1. The topological polar surface area (TPSA) is 17.1 Å². The lowest BCUT2D eigenvalue weighted by Crippen LogP contribution is -2.49. The van der Waals surface area contributed by atoms with Crippen LogP contribution in [-0.4, -0.2) is 5.78 Å². The van der Waals surface area contributed by atoms with Crippen LogP contribution in [-0.2, 0) is 4.79 Å². The Morgan fingerprint density at radius 1 is 1.04 bits per heavy atom. The van der Waals surface area contributed by atoms with Gasteiger partial charge in [0.2, 0.25) is 0 Å². The van der Waals surface area contributed by atoms with E-state index >= 15 is 0 Å². The molecule has 0 aromatic rings. The van der Waals surface area contributed by atoms with E-state index in [-0.39, 0.29) is 5.41 Å². The highest BCUT2D eigenvalue weighted by Gasteiger charge is 2.56. The van der Waals surface area contributed by atoms with Crippen LogP contribution in [0, 0.1) is 34.5 Å². The van der Waals surface area contributed by atoms with Gasteiger partial charge in [0, 0.05) is 0 Å². The quantitative estimate of drug-likeness (QED) is 0.567. The Balaban J connectivity index is 1.67. The number of carbonyl (C=O) groups is 1. The molecule has 6 unspecified atom stereocenters. The second kappa shape index (κ2) is 5.07. The molecule has 4 rings (SSSR count). The highest BCUT2D eigenvalue weighted by Crippen LogP contribution is 2.65. The Labute approximate surface area is 141 Å². The van der Waals surface area contributed by atoms with Crippen molar-refractivity contribution in [2.45, 2.75) is 72.6 Å². The summed E-state index contributed by atoms with van der Waals surface area (Å²) >= 11 is 0. The van der Waals surface area contributed by atoms with Crippen molar-refractivity contribution in [3.05, 3.63) is 23.3 Å². The van der Waals surface area contributed by atoms with E-state index in [1.54, 1.807) is 12.5 Å². The van der Waals surface area contributed by atoms with Crippen LogP contribution in [0.4, 0.5) is 0 Å². The minimum atomic E-state index is 0.163. The second-order valence-corrected chi connectivity index (χ2v) is 9.47. The number of fused-ring (bicyclic) bond motifs is 5. The van der Waals surface area contributed by atoms with Crippen LogP contribution in [0.5, 0.6) is 0 Å². The van der Waals surface area contributed by atoms with E-state index in [1.165, 1.54) is 38.5 Å². The molecule has 2 saturated carbocycles. The zero-order valence-corrected chi connectivity index (χ0v) is 15.3. The van der Waals surface area contributed by atoms with Gasteiger partial charge in [0.25, 0.3) is 0 Å². The molecule has 0 heterocycles. The minimum Gasteiger partial charge on any atom is -0.295 e. The molecule has 126 valence electrons. The standard InChI is InChI=1S/C22H32O/c1-14-9-11-21(3)16(13-14)5-6-17-19-8-7-18(15(2)23)22(19,4)12-10-20(17)21/h5,7,14,17,19-20H,6,8-13H2,1-4H3. The fraction of sp³-hybridized carbons (Fsp3) is 0.773. The van der Waals surface area contributed by atoms with Crippen molar-refractivity contribution in [1.29, 1.82) is 0 Å². The van der Waals surface area contributed by atoms with Crippen molar-refractivity contribution in [3.8, 4) is 0 Å². The summed E-state index contributed by atoms with van der Waals surface area (Å²) in [6, 6.07) is 0. The summed E-state index contributed by atoms with van der Waals surface area (Å²) in [5.41, 5.74) is 3.55. The van der Waals surface area contributed by atoms with Gasteiger partial charge in [-0.05, 0) is 91.9 Å². The molecule has 0 saturated heterocycles. The summed E-state index contributed by atoms with van der Waals surface area (Å²) in [5, 5.41) is 0. The van der Waals surface area contributed by atoms with E-state index in [1.807, 2.05) is 0 Å². The van der Waals surface area contributed by atoms with E-state index in [0.717, 1.165) is 29.7 Å². The minimum absolute atomic E-state index is 0.163. The molecule has 23 heavy (non-hydrogen) atoms. The summed E-state index contributed by atoms with van der Waals surface area (Å²) in [6.45, 7) is 9.15. The highest BCUT2D eigenvalue weighted by atomic mass is 16.1. The lowest BCUT2D eigenvalue weighted by Gasteiger charge is -2.57. The third kappa shape index (κ3) is 2.07. The van der Waals surface area contributed by atoms with E-state index in [2.05, 4.69) is 32.9 Å². The molecule has 0 bridgehead atoms. The van der Waals surface area contributed by atoms with Gasteiger partial charge in [-0.3, -0.25) is 4.79 Å². The molecule has 4 aliphatic carbocycles. The fourth-order valence-corrected chi connectivity index (χ4v) is 6.96. The first-order valence-corrected chi connectivity index (χ1v) is 9.77. The maximum Gasteiger partial charge on any atom is 0.156 e. The van der Waals surface area contributed by atoms with Crippen molar-refractivity contribution >= 4 is 5.78 Å². The lowest BCUT2D eigenvalue weighted by atomic mass is 9.47. The van der Waals surface area contributed by atoms with Gasteiger partial charge in [0.15, 0.2) is 5.78 Å². The van der Waals surface area contributed by atoms with Gasteiger partial charge in [-0.1, -0.05) is 38.5 Å². The number of rotatable bonds is 1. The second-order valence-electron chi connectivity index (χ2n) is 9.47. The SMILES string of the molecule is CC(=O)C1=CCC2C3CC=C4CC(C)CCC4(C)C3CCC12C. The first kappa shape index (κ1) is 15.7. The molecule has 0 amide bonds. The molecule has 0 radical (unpaired) electrons. The van der Waals surface area contributed by atoms with Crippen molar-refractivity contribution in [1.82, 2.24) is 0 Å². The predicted octanol–water partition coefficient (Wildman–Crippen LogP) is 5.71. The van der Waals surface area contributed by atoms with Crippen LogP contribution in [0.15, 0.2) is 23.3 Å². The first-order valence-electron chi connectivity index (χ1n) is 9.77. The number of carbonyl (C=O) groups excluding carboxylic acids is 1. The largest absolute Gasteiger partial charge is 0.295 e. The Morgan fingerprint density at radius 3 is 2.52 bits per heavy atom. The normalized spacial score (nSPS) is 48.7. The van der Waals surface area contributed by atoms with Crippen LogP contribution in [0.2, 0.25) is 0 Å². The summed E-state index contributed by atoms with van der Waals surface area (Å²) in [5.74, 6) is 3.54. The molecule has 1 heteroatoms. The summed E-state index contributed by atoms with van der Waals surface area (Å²) in [4.78, 5) is 12.1. The zero-order valence-electron chi connectivity index (χ0n) is 15.3. The van der Waals surface area contributed by atoms with Gasteiger partial charge >= 0.3 is 0 Å². The van der Waals surface area contributed by atoms with Crippen LogP contribution in [0.25, 0.3) is 0 Å². The average Bonchev–Trinajstić information content (AvgIpc) is 2.85. The number of allylic oxidation sites excluding steroid dienone is 4. The number of hydrogen-bond acceptors (Lipinski definition) is 1. The Hall–Kier alpha value is -0.850. The van der Waals surface area contributed by atoms with Crippen LogP contribution >= 0.6 is 0 Å². The Morgan fingerprint density at radius 2 is 1.78 bits per heavy atom. The van der Waals surface area contributed by atoms with Crippen molar-refractivity contribution < 1.29 is 4.79 Å². The van der Waals surface area contributed by atoms with Gasteiger partial charge in [0.1, 0.15) is 0 Å².